The van der Waals surface area contributed by atoms with E-state index in [9.17, 15) is 0 Å². The first kappa shape index (κ1) is 10.9. The molecule has 72 valence electrons. The van der Waals surface area contributed by atoms with E-state index in [1.807, 2.05) is 12.1 Å². The molecule has 1 nitrogen and oxygen atoms in total. The van der Waals surface area contributed by atoms with E-state index in [0.29, 0.717) is 0 Å². The number of hydrogen-bond donors (Lipinski definition) is 1. The minimum Gasteiger partial charge on any atom is -0.496 e. The Morgan fingerprint density at radius 1 is 1.46 bits per heavy atom. The lowest BCUT2D eigenvalue weighted by molar-refractivity contribution is 0.409. The molecular formula is C10H13BrOS. The fourth-order valence-electron chi connectivity index (χ4n) is 1.19. The second-order valence-electron chi connectivity index (χ2n) is 2.78. The van der Waals surface area contributed by atoms with E-state index < -0.39 is 0 Å². The smallest absolute Gasteiger partial charge is 0.123 e. The summed E-state index contributed by atoms with van der Waals surface area (Å²) >= 11 is 7.59. The van der Waals surface area contributed by atoms with Crippen molar-refractivity contribution < 1.29 is 4.74 Å². The predicted octanol–water partition coefficient (Wildman–Crippen LogP) is 3.32. The Kier molecular flexibility index (Phi) is 4.67. The first-order chi connectivity index (χ1) is 6.27. The molecule has 0 aliphatic heterocycles. The summed E-state index contributed by atoms with van der Waals surface area (Å²) in [5, 5.41) is 0. The maximum atomic E-state index is 5.27. The third kappa shape index (κ3) is 3.24. The lowest BCUT2D eigenvalue weighted by Crippen LogP contribution is -1.92. The first-order valence-electron chi connectivity index (χ1n) is 4.21. The van der Waals surface area contributed by atoms with Gasteiger partial charge >= 0.3 is 0 Å². The molecule has 0 aliphatic carbocycles. The Morgan fingerprint density at radius 2 is 2.23 bits per heavy atom. The van der Waals surface area contributed by atoms with Crippen LogP contribution >= 0.6 is 28.6 Å². The van der Waals surface area contributed by atoms with Gasteiger partial charge in [-0.05, 0) is 36.3 Å². The van der Waals surface area contributed by atoms with Crippen molar-refractivity contribution in [3.63, 3.8) is 0 Å². The zero-order valence-electron chi connectivity index (χ0n) is 7.59. The summed E-state index contributed by atoms with van der Waals surface area (Å²) < 4.78 is 6.32. The SMILES string of the molecule is COc1cc(Br)ccc1CCCS. The summed E-state index contributed by atoms with van der Waals surface area (Å²) in [5.41, 5.74) is 1.25. The van der Waals surface area contributed by atoms with Crippen LogP contribution in [-0.4, -0.2) is 12.9 Å². The van der Waals surface area contributed by atoms with Crippen molar-refractivity contribution in [3.8, 4) is 5.75 Å². The Hall–Kier alpha value is -0.150. The molecule has 0 atom stereocenters. The quantitative estimate of drug-likeness (QED) is 0.818. The molecule has 0 N–H and O–H groups in total. The zero-order chi connectivity index (χ0) is 9.68. The minimum absolute atomic E-state index is 0.916. The highest BCUT2D eigenvalue weighted by Gasteiger charge is 2.02. The Labute approximate surface area is 93.0 Å². The summed E-state index contributed by atoms with van der Waals surface area (Å²) in [5.74, 6) is 1.87. The van der Waals surface area contributed by atoms with Crippen molar-refractivity contribution in [2.24, 2.45) is 0 Å². The fraction of sp³-hybridized carbons (Fsp3) is 0.400. The summed E-state index contributed by atoms with van der Waals surface area (Å²) in [6.07, 6.45) is 2.11. The lowest BCUT2D eigenvalue weighted by atomic mass is 10.1. The molecule has 0 radical (unpaired) electrons. The number of halogens is 1. The van der Waals surface area contributed by atoms with Gasteiger partial charge < -0.3 is 4.74 Å². The van der Waals surface area contributed by atoms with Crippen LogP contribution in [0.3, 0.4) is 0 Å². The van der Waals surface area contributed by atoms with Crippen molar-refractivity contribution >= 4 is 28.6 Å². The lowest BCUT2D eigenvalue weighted by Gasteiger charge is -2.07. The largest absolute Gasteiger partial charge is 0.496 e. The third-order valence-electron chi connectivity index (χ3n) is 1.85. The maximum absolute atomic E-state index is 5.27. The van der Waals surface area contributed by atoms with Crippen molar-refractivity contribution in [1.29, 1.82) is 0 Å². The number of ether oxygens (including phenoxy) is 1. The van der Waals surface area contributed by atoms with E-state index in [1.165, 1.54) is 5.56 Å². The van der Waals surface area contributed by atoms with E-state index in [-0.39, 0.29) is 0 Å². The van der Waals surface area contributed by atoms with Crippen LogP contribution in [0.4, 0.5) is 0 Å². The van der Waals surface area contributed by atoms with Gasteiger partial charge in [0.05, 0.1) is 7.11 Å². The number of aryl methyl sites for hydroxylation is 1. The molecule has 0 unspecified atom stereocenters. The molecule has 0 spiro atoms. The van der Waals surface area contributed by atoms with Gasteiger partial charge in [0, 0.05) is 4.47 Å². The molecule has 1 aromatic carbocycles. The molecule has 0 bridgehead atoms. The molecule has 0 saturated carbocycles. The van der Waals surface area contributed by atoms with Crippen LogP contribution in [0, 0.1) is 0 Å². The van der Waals surface area contributed by atoms with E-state index in [0.717, 1.165) is 28.8 Å². The molecule has 0 aromatic heterocycles. The zero-order valence-corrected chi connectivity index (χ0v) is 10.1. The van der Waals surface area contributed by atoms with Gasteiger partial charge in [-0.1, -0.05) is 22.0 Å². The first-order valence-corrected chi connectivity index (χ1v) is 5.63. The van der Waals surface area contributed by atoms with Gasteiger partial charge in [0.2, 0.25) is 0 Å². The average Bonchev–Trinajstić information content (AvgIpc) is 2.16. The second kappa shape index (κ2) is 5.55. The van der Waals surface area contributed by atoms with E-state index >= 15 is 0 Å². The van der Waals surface area contributed by atoms with Gasteiger partial charge in [0.25, 0.3) is 0 Å². The number of rotatable bonds is 4. The van der Waals surface area contributed by atoms with Crippen molar-refractivity contribution in [2.75, 3.05) is 12.9 Å². The van der Waals surface area contributed by atoms with Crippen LogP contribution in [0.5, 0.6) is 5.75 Å². The third-order valence-corrected chi connectivity index (χ3v) is 2.66. The molecule has 1 aromatic rings. The molecule has 13 heavy (non-hydrogen) atoms. The standard InChI is InChI=1S/C10H13BrOS/c1-12-10-7-9(11)5-4-8(10)3-2-6-13/h4-5,7,13H,2-3,6H2,1H3. The van der Waals surface area contributed by atoms with Gasteiger partial charge in [-0.25, -0.2) is 0 Å². The van der Waals surface area contributed by atoms with Gasteiger partial charge in [-0.2, -0.15) is 12.6 Å². The van der Waals surface area contributed by atoms with E-state index in [2.05, 4.69) is 34.6 Å². The van der Waals surface area contributed by atoms with Gasteiger partial charge in [-0.3, -0.25) is 0 Å². The summed E-state index contributed by atoms with van der Waals surface area (Å²) in [6.45, 7) is 0. The number of hydrogen-bond acceptors (Lipinski definition) is 2. The van der Waals surface area contributed by atoms with Gasteiger partial charge in [0.1, 0.15) is 5.75 Å². The number of thiol groups is 1. The summed E-state index contributed by atoms with van der Waals surface area (Å²) in [6, 6.07) is 6.12. The maximum Gasteiger partial charge on any atom is 0.123 e. The Bertz CT molecular complexity index is 276. The minimum atomic E-state index is 0.916. The molecule has 0 fully saturated rings. The van der Waals surface area contributed by atoms with Crippen LogP contribution in [0.25, 0.3) is 0 Å². The van der Waals surface area contributed by atoms with E-state index in [4.69, 9.17) is 4.74 Å². The monoisotopic (exact) mass is 260 g/mol. The fourth-order valence-corrected chi connectivity index (χ4v) is 1.69. The van der Waals surface area contributed by atoms with Crippen LogP contribution in [-0.2, 0) is 6.42 Å². The van der Waals surface area contributed by atoms with Gasteiger partial charge in [-0.15, -0.1) is 0 Å². The highest BCUT2D eigenvalue weighted by molar-refractivity contribution is 9.10. The number of benzene rings is 1. The molecule has 0 amide bonds. The molecule has 0 heterocycles. The molecule has 0 aliphatic rings. The Balaban J connectivity index is 2.79. The van der Waals surface area contributed by atoms with Crippen molar-refractivity contribution in [3.05, 3.63) is 28.2 Å². The van der Waals surface area contributed by atoms with Crippen molar-refractivity contribution in [1.82, 2.24) is 0 Å². The summed E-state index contributed by atoms with van der Waals surface area (Å²) in [4.78, 5) is 0. The normalized spacial score (nSPS) is 10.1. The Morgan fingerprint density at radius 3 is 2.85 bits per heavy atom. The molecule has 0 saturated heterocycles. The molecule has 1 rings (SSSR count). The van der Waals surface area contributed by atoms with Crippen LogP contribution in [0.1, 0.15) is 12.0 Å². The average molecular weight is 261 g/mol. The van der Waals surface area contributed by atoms with Crippen molar-refractivity contribution in [2.45, 2.75) is 12.8 Å². The highest BCUT2D eigenvalue weighted by atomic mass is 79.9. The topological polar surface area (TPSA) is 9.23 Å². The van der Waals surface area contributed by atoms with Gasteiger partial charge in [0.15, 0.2) is 0 Å². The molecular weight excluding hydrogens is 248 g/mol. The van der Waals surface area contributed by atoms with Crippen LogP contribution in [0.2, 0.25) is 0 Å². The summed E-state index contributed by atoms with van der Waals surface area (Å²) in [7, 11) is 1.70. The second-order valence-corrected chi connectivity index (χ2v) is 4.15. The van der Waals surface area contributed by atoms with Crippen LogP contribution < -0.4 is 4.74 Å². The molecule has 3 heteroatoms. The van der Waals surface area contributed by atoms with Crippen LogP contribution in [0.15, 0.2) is 22.7 Å². The highest BCUT2D eigenvalue weighted by Crippen LogP contribution is 2.24. The predicted molar refractivity (Wildman–Crippen MR) is 62.9 cm³/mol. The number of methoxy groups -OCH3 is 1. The van der Waals surface area contributed by atoms with E-state index in [1.54, 1.807) is 7.11 Å².